The number of nitro groups is 1. The van der Waals surface area contributed by atoms with Crippen molar-refractivity contribution in [1.82, 2.24) is 4.90 Å². The van der Waals surface area contributed by atoms with Crippen LogP contribution in [0.2, 0.25) is 0 Å². The molecule has 2 unspecified atom stereocenters. The first-order valence-electron chi connectivity index (χ1n) is 10.3. The maximum Gasteiger partial charge on any atom is 0.485 e. The van der Waals surface area contributed by atoms with Crippen LogP contribution in [0.25, 0.3) is 0 Å². The Balaban J connectivity index is 0.000000697. The molecule has 16 heteroatoms. The van der Waals surface area contributed by atoms with Crippen LogP contribution in [-0.2, 0) is 19.7 Å². The van der Waals surface area contributed by atoms with Crippen LogP contribution in [0.3, 0.4) is 0 Å². The van der Waals surface area contributed by atoms with E-state index in [4.69, 9.17) is 17.7 Å². The highest BCUT2D eigenvalue weighted by molar-refractivity contribution is 8.01. The lowest BCUT2D eigenvalue weighted by atomic mass is 10.2. The lowest BCUT2D eigenvalue weighted by Gasteiger charge is -2.34. The number of esters is 1. The molecule has 1 aliphatic heterocycles. The predicted molar refractivity (Wildman–Crippen MR) is 123 cm³/mol. The van der Waals surface area contributed by atoms with Gasteiger partial charge < -0.3 is 14.2 Å². The van der Waals surface area contributed by atoms with E-state index in [-0.39, 0.29) is 28.6 Å². The molecule has 0 aromatic heterocycles. The number of carbonyl (C=O) groups excluding carboxylic acids is 2. The molecule has 1 aromatic carbocycles. The van der Waals surface area contributed by atoms with Crippen LogP contribution in [0.1, 0.15) is 33.1 Å². The summed E-state index contributed by atoms with van der Waals surface area (Å²) in [6, 6.07) is 5.32. The number of Topliss-reactive ketones (excluding diaryl/α,β-unsaturated/α-hetero) is 1. The number of carbonyl (C=O) groups is 2. The number of thioether (sulfide) groups is 1. The molecular formula is C20H26F3N3O8S2. The molecule has 0 saturated heterocycles. The number of halogens is 3. The number of alkyl halides is 3. The highest BCUT2D eigenvalue weighted by atomic mass is 32.2. The highest BCUT2D eigenvalue weighted by Gasteiger charge is 2.43. The van der Waals surface area contributed by atoms with Crippen LogP contribution in [0.4, 0.5) is 18.9 Å². The van der Waals surface area contributed by atoms with Gasteiger partial charge in [-0.1, -0.05) is 11.8 Å². The minimum absolute atomic E-state index is 0.0672. The fourth-order valence-electron chi connectivity index (χ4n) is 2.90. The van der Waals surface area contributed by atoms with E-state index in [9.17, 15) is 32.9 Å². The van der Waals surface area contributed by atoms with E-state index in [1.807, 2.05) is 14.0 Å². The van der Waals surface area contributed by atoms with Crippen LogP contribution in [0.5, 0.6) is 5.75 Å². The fourth-order valence-corrected chi connectivity index (χ4v) is 4.11. The lowest BCUT2D eigenvalue weighted by molar-refractivity contribution is -0.866. The summed E-state index contributed by atoms with van der Waals surface area (Å²) in [5.41, 5.74) is -4.54. The Labute approximate surface area is 210 Å². The summed E-state index contributed by atoms with van der Waals surface area (Å²) in [7, 11) is -2.00. The second-order valence-electron chi connectivity index (χ2n) is 7.82. The number of ketones is 1. The minimum Gasteiger partial charge on any atom is -0.741 e. The Bertz CT molecular complexity index is 1090. The third-order valence-electron chi connectivity index (χ3n) is 5.24. The minimum atomic E-state index is -6.09. The Morgan fingerprint density at radius 3 is 2.17 bits per heavy atom. The van der Waals surface area contributed by atoms with Gasteiger partial charge in [-0.3, -0.25) is 24.6 Å². The van der Waals surface area contributed by atoms with Crippen LogP contribution < -0.4 is 9.64 Å². The molecule has 0 fully saturated rings. The maximum atomic E-state index is 12.2. The second-order valence-corrected chi connectivity index (χ2v) is 10.6. The number of benzene rings is 1. The third kappa shape index (κ3) is 9.07. The van der Waals surface area contributed by atoms with E-state index >= 15 is 0 Å². The number of nitrogens with zero attached hydrogens (tertiary/aromatic N) is 2. The topological polar surface area (TPSA) is 151 Å². The van der Waals surface area contributed by atoms with E-state index in [0.29, 0.717) is 18.6 Å². The number of nitro benzene ring substituents is 1. The Kier molecular flexibility index (Phi) is 10.9. The number of ether oxygens (including phenoxy) is 1. The molecule has 1 aromatic rings. The molecule has 0 aliphatic carbocycles. The van der Waals surface area contributed by atoms with Crippen molar-refractivity contribution in [3.63, 3.8) is 0 Å². The largest absolute Gasteiger partial charge is 0.741 e. The first-order valence-corrected chi connectivity index (χ1v) is 12.7. The quantitative estimate of drug-likeness (QED) is 0.119. The van der Waals surface area contributed by atoms with Gasteiger partial charge in [0.05, 0.1) is 23.4 Å². The molecule has 202 valence electrons. The van der Waals surface area contributed by atoms with E-state index < -0.39 is 26.5 Å². The maximum absolute atomic E-state index is 12.2. The van der Waals surface area contributed by atoms with Crippen LogP contribution in [-0.4, -0.2) is 64.9 Å². The predicted octanol–water partition coefficient (Wildman–Crippen LogP) is 2.02. The average Bonchev–Trinajstić information content (AvgIpc) is 2.94. The summed E-state index contributed by atoms with van der Waals surface area (Å²) >= 11 is 1.60. The molecule has 0 spiro atoms. The van der Waals surface area contributed by atoms with Gasteiger partial charge in [-0.15, -0.1) is 0 Å². The number of quaternary nitrogens is 1. The number of non-ortho nitro benzene ring substituents is 1. The SMILES string of the molecule is CC1=C[NH+](C)C(C)(SCC(=O)CCCC(=O)Oc2ccc([N+](=O)[O-])cc2)N1C.O=S(=O)([O-])C(F)(F)F. The van der Waals surface area contributed by atoms with Crippen LogP contribution >= 0.6 is 11.8 Å². The summed E-state index contributed by atoms with van der Waals surface area (Å²) in [5.74, 6) is 0.279. The number of hydrogen-bond donors (Lipinski definition) is 1. The summed E-state index contributed by atoms with van der Waals surface area (Å²) in [6.45, 7) is 4.16. The number of rotatable bonds is 9. The van der Waals surface area contributed by atoms with Gasteiger partial charge in [0.1, 0.15) is 17.7 Å². The van der Waals surface area contributed by atoms with Gasteiger partial charge in [0, 0.05) is 38.9 Å². The van der Waals surface area contributed by atoms with Crippen molar-refractivity contribution in [3.8, 4) is 5.75 Å². The van der Waals surface area contributed by atoms with Gasteiger partial charge in [-0.2, -0.15) is 13.2 Å². The first-order chi connectivity index (χ1) is 16.4. The average molecular weight is 558 g/mol. The summed E-state index contributed by atoms with van der Waals surface area (Å²) in [6.07, 6.45) is 2.98. The number of nitrogens with one attached hydrogen (secondary N) is 1. The normalized spacial score (nSPS) is 19.7. The first kappa shape index (κ1) is 31.3. The molecule has 2 rings (SSSR count). The molecule has 1 aliphatic rings. The van der Waals surface area contributed by atoms with E-state index in [0.717, 1.165) is 0 Å². The lowest BCUT2D eigenvalue weighted by Crippen LogP contribution is -3.12. The van der Waals surface area contributed by atoms with Crippen molar-refractivity contribution in [1.29, 1.82) is 0 Å². The third-order valence-corrected chi connectivity index (χ3v) is 7.43. The van der Waals surface area contributed by atoms with Crippen molar-refractivity contribution in [3.05, 3.63) is 46.3 Å². The van der Waals surface area contributed by atoms with Crippen LogP contribution in [0.15, 0.2) is 36.2 Å². The molecule has 11 nitrogen and oxygen atoms in total. The van der Waals surface area contributed by atoms with Gasteiger partial charge in [0.25, 0.3) is 5.69 Å². The molecule has 0 amide bonds. The van der Waals surface area contributed by atoms with Gasteiger partial charge in [-0.25, -0.2) is 8.42 Å². The van der Waals surface area contributed by atoms with E-state index in [1.54, 1.807) is 11.8 Å². The fraction of sp³-hybridized carbons (Fsp3) is 0.500. The molecule has 0 saturated carbocycles. The summed E-state index contributed by atoms with van der Waals surface area (Å²) in [5, 5.41) is 10.6. The standard InChI is InChI=1S/C19H25N3O5S.CHF3O3S/c1-14-12-20(3)19(2,21(14)4)28-13-16(23)6-5-7-18(24)27-17-10-8-15(9-11-17)22(25)26;2-1(3,4)8(5,6)7/h8-12H,5-7,13H2,1-4H3;(H,5,6,7). The Morgan fingerprint density at radius 2 is 1.75 bits per heavy atom. The smallest absolute Gasteiger partial charge is 0.485 e. The molecule has 0 radical (unpaired) electrons. The van der Waals surface area contributed by atoms with Crippen molar-refractivity contribution < 1.29 is 50.3 Å². The molecular weight excluding hydrogens is 531 g/mol. The number of hydrogen-bond acceptors (Lipinski definition) is 10. The zero-order valence-corrected chi connectivity index (χ0v) is 21.5. The van der Waals surface area contributed by atoms with Gasteiger partial charge in [-0.05, 0) is 25.5 Å². The van der Waals surface area contributed by atoms with Crippen molar-refractivity contribution in [2.45, 2.75) is 43.6 Å². The Morgan fingerprint density at radius 1 is 1.22 bits per heavy atom. The monoisotopic (exact) mass is 557 g/mol. The summed E-state index contributed by atoms with van der Waals surface area (Å²) in [4.78, 5) is 37.3. The van der Waals surface area contributed by atoms with Crippen molar-refractivity contribution in [2.75, 3.05) is 19.8 Å². The van der Waals surface area contributed by atoms with Gasteiger partial charge in [0.2, 0.25) is 4.99 Å². The van der Waals surface area contributed by atoms with Crippen molar-refractivity contribution >= 4 is 39.3 Å². The molecule has 0 bridgehead atoms. The highest BCUT2D eigenvalue weighted by Crippen LogP contribution is 2.28. The molecule has 1 heterocycles. The van der Waals surface area contributed by atoms with Gasteiger partial charge in [0.15, 0.2) is 10.1 Å². The zero-order chi connectivity index (χ0) is 27.9. The van der Waals surface area contributed by atoms with Gasteiger partial charge >= 0.3 is 11.5 Å². The second kappa shape index (κ2) is 12.5. The number of allylic oxidation sites excluding steroid dienone is 1. The van der Waals surface area contributed by atoms with E-state index in [1.165, 1.54) is 34.9 Å². The molecule has 36 heavy (non-hydrogen) atoms. The molecule has 1 N–H and O–H groups in total. The van der Waals surface area contributed by atoms with Crippen LogP contribution in [0, 0.1) is 10.1 Å². The molecule has 2 atom stereocenters. The van der Waals surface area contributed by atoms with Crippen molar-refractivity contribution in [2.24, 2.45) is 0 Å². The Hall–Kier alpha value is -2.69. The summed E-state index contributed by atoms with van der Waals surface area (Å²) < 4.78 is 64.0. The zero-order valence-electron chi connectivity index (χ0n) is 19.8. The van der Waals surface area contributed by atoms with E-state index in [2.05, 4.69) is 25.1 Å².